The van der Waals surface area contributed by atoms with Crippen LogP contribution in [0.3, 0.4) is 0 Å². The highest BCUT2D eigenvalue weighted by Crippen LogP contribution is 2.27. The van der Waals surface area contributed by atoms with Gasteiger partial charge in [0.1, 0.15) is 11.6 Å². The van der Waals surface area contributed by atoms with Gasteiger partial charge in [-0.3, -0.25) is 9.59 Å². The number of hydrogen-bond acceptors (Lipinski definition) is 5. The first-order valence-corrected chi connectivity index (χ1v) is 8.30. The number of carbonyl (C=O) groups excluding carboxylic acids is 3. The Balaban J connectivity index is 2.47. The van der Waals surface area contributed by atoms with E-state index in [1.165, 1.54) is 7.11 Å². The van der Waals surface area contributed by atoms with Gasteiger partial charge in [-0.1, -0.05) is 12.8 Å². The standard InChI is InChI=1S/C17H29NO5/c1-17(2,3)23-15(20)10-9-13(16(21)22-4)18-14(19)11-12-7-5-6-8-12/h12-13H,5-11H2,1-4H3,(H,18,19)/t13-/m1/s1. The van der Waals surface area contributed by atoms with Crippen LogP contribution in [0.25, 0.3) is 0 Å². The third-order valence-corrected chi connectivity index (χ3v) is 3.83. The van der Waals surface area contributed by atoms with E-state index in [0.29, 0.717) is 12.3 Å². The summed E-state index contributed by atoms with van der Waals surface area (Å²) in [5.41, 5.74) is -0.566. The van der Waals surface area contributed by atoms with Gasteiger partial charge in [0.2, 0.25) is 5.91 Å². The molecule has 1 aliphatic rings. The molecular formula is C17H29NO5. The molecule has 1 fully saturated rings. The molecule has 0 aromatic carbocycles. The van der Waals surface area contributed by atoms with Gasteiger partial charge in [-0.25, -0.2) is 4.79 Å². The van der Waals surface area contributed by atoms with Gasteiger partial charge in [0.05, 0.1) is 7.11 Å². The minimum Gasteiger partial charge on any atom is -0.467 e. The lowest BCUT2D eigenvalue weighted by Gasteiger charge is -2.21. The molecule has 0 spiro atoms. The van der Waals surface area contributed by atoms with Gasteiger partial charge >= 0.3 is 11.9 Å². The molecule has 0 aliphatic heterocycles. The first-order chi connectivity index (χ1) is 10.7. The van der Waals surface area contributed by atoms with Crippen LogP contribution in [-0.2, 0) is 23.9 Å². The molecule has 0 aromatic rings. The zero-order chi connectivity index (χ0) is 17.5. The molecule has 0 saturated heterocycles. The number of rotatable bonds is 7. The molecule has 1 saturated carbocycles. The van der Waals surface area contributed by atoms with Crippen molar-refractivity contribution in [1.82, 2.24) is 5.32 Å². The summed E-state index contributed by atoms with van der Waals surface area (Å²) < 4.78 is 9.92. The van der Waals surface area contributed by atoms with Crippen LogP contribution >= 0.6 is 0 Å². The number of methoxy groups -OCH3 is 1. The van der Waals surface area contributed by atoms with Crippen molar-refractivity contribution in [2.24, 2.45) is 5.92 Å². The zero-order valence-corrected chi connectivity index (χ0v) is 14.6. The number of nitrogens with one attached hydrogen (secondary N) is 1. The normalized spacial score (nSPS) is 16.7. The van der Waals surface area contributed by atoms with Crippen molar-refractivity contribution >= 4 is 17.8 Å². The molecule has 1 aliphatic carbocycles. The fourth-order valence-electron chi connectivity index (χ4n) is 2.78. The quantitative estimate of drug-likeness (QED) is 0.726. The zero-order valence-electron chi connectivity index (χ0n) is 14.6. The number of carbonyl (C=O) groups is 3. The van der Waals surface area contributed by atoms with Gasteiger partial charge in [0, 0.05) is 12.8 Å². The van der Waals surface area contributed by atoms with Crippen molar-refractivity contribution in [2.45, 2.75) is 77.4 Å². The number of hydrogen-bond donors (Lipinski definition) is 1. The van der Waals surface area contributed by atoms with E-state index >= 15 is 0 Å². The van der Waals surface area contributed by atoms with Crippen LogP contribution in [0.1, 0.15) is 65.7 Å². The molecule has 1 rings (SSSR count). The minimum atomic E-state index is -0.804. The SMILES string of the molecule is COC(=O)[C@@H](CCC(=O)OC(C)(C)C)NC(=O)CC1CCCC1. The van der Waals surface area contributed by atoms with E-state index in [9.17, 15) is 14.4 Å². The summed E-state index contributed by atoms with van der Waals surface area (Å²) in [5, 5.41) is 2.69. The summed E-state index contributed by atoms with van der Waals surface area (Å²) >= 11 is 0. The lowest BCUT2D eigenvalue weighted by Crippen LogP contribution is -2.42. The highest BCUT2D eigenvalue weighted by molar-refractivity contribution is 5.85. The molecule has 6 nitrogen and oxygen atoms in total. The summed E-state index contributed by atoms with van der Waals surface area (Å²) in [4.78, 5) is 35.6. The molecule has 1 atom stereocenters. The van der Waals surface area contributed by atoms with Gasteiger partial charge in [-0.05, 0) is 46.0 Å². The summed E-state index contributed by atoms with van der Waals surface area (Å²) in [6, 6.07) is -0.804. The van der Waals surface area contributed by atoms with Crippen LogP contribution in [0.15, 0.2) is 0 Å². The Morgan fingerprint density at radius 3 is 2.30 bits per heavy atom. The van der Waals surface area contributed by atoms with Crippen molar-refractivity contribution in [3.63, 3.8) is 0 Å². The molecule has 1 amide bonds. The topological polar surface area (TPSA) is 81.7 Å². The average Bonchev–Trinajstić information content (AvgIpc) is 2.93. The Bertz CT molecular complexity index is 421. The summed E-state index contributed by atoms with van der Waals surface area (Å²) in [6.45, 7) is 5.35. The first-order valence-electron chi connectivity index (χ1n) is 8.30. The van der Waals surface area contributed by atoms with E-state index < -0.39 is 23.6 Å². The predicted octanol–water partition coefficient (Wildman–Crippen LogP) is 2.35. The lowest BCUT2D eigenvalue weighted by atomic mass is 10.0. The molecule has 0 heterocycles. The maximum absolute atomic E-state index is 12.1. The van der Waals surface area contributed by atoms with Crippen LogP contribution < -0.4 is 5.32 Å². The van der Waals surface area contributed by atoms with Crippen LogP contribution in [0, 0.1) is 5.92 Å². The Hall–Kier alpha value is -1.59. The van der Waals surface area contributed by atoms with Crippen LogP contribution in [0.2, 0.25) is 0 Å². The van der Waals surface area contributed by atoms with Gasteiger partial charge in [-0.2, -0.15) is 0 Å². The fourth-order valence-corrected chi connectivity index (χ4v) is 2.78. The summed E-state index contributed by atoms with van der Waals surface area (Å²) in [6.07, 6.45) is 5.12. The summed E-state index contributed by atoms with van der Waals surface area (Å²) in [5.74, 6) is -0.680. The van der Waals surface area contributed by atoms with E-state index in [0.717, 1.165) is 25.7 Å². The molecule has 23 heavy (non-hydrogen) atoms. The van der Waals surface area contributed by atoms with E-state index in [2.05, 4.69) is 5.32 Å². The van der Waals surface area contributed by atoms with Crippen molar-refractivity contribution in [2.75, 3.05) is 7.11 Å². The number of esters is 2. The first kappa shape index (κ1) is 19.5. The average molecular weight is 327 g/mol. The van der Waals surface area contributed by atoms with Crippen molar-refractivity contribution in [3.8, 4) is 0 Å². The van der Waals surface area contributed by atoms with Crippen LogP contribution in [0.4, 0.5) is 0 Å². The third kappa shape index (κ3) is 8.00. The molecule has 0 radical (unpaired) electrons. The molecule has 0 unspecified atom stereocenters. The third-order valence-electron chi connectivity index (χ3n) is 3.83. The second kappa shape index (κ2) is 8.89. The summed E-state index contributed by atoms with van der Waals surface area (Å²) in [7, 11) is 1.27. The molecule has 0 aromatic heterocycles. The largest absolute Gasteiger partial charge is 0.467 e. The van der Waals surface area contributed by atoms with Crippen molar-refractivity contribution < 1.29 is 23.9 Å². The van der Waals surface area contributed by atoms with Gasteiger partial charge in [0.25, 0.3) is 0 Å². The van der Waals surface area contributed by atoms with E-state index in [1.807, 2.05) is 0 Å². The monoisotopic (exact) mass is 327 g/mol. The van der Waals surface area contributed by atoms with Gasteiger partial charge in [0.15, 0.2) is 0 Å². The highest BCUT2D eigenvalue weighted by atomic mass is 16.6. The molecule has 1 N–H and O–H groups in total. The minimum absolute atomic E-state index is 0.0563. The number of amides is 1. The Morgan fingerprint density at radius 2 is 1.78 bits per heavy atom. The Labute approximate surface area is 138 Å². The Morgan fingerprint density at radius 1 is 1.17 bits per heavy atom. The van der Waals surface area contributed by atoms with Crippen LogP contribution in [-0.4, -0.2) is 36.6 Å². The lowest BCUT2D eigenvalue weighted by molar-refractivity contribution is -0.155. The van der Waals surface area contributed by atoms with Crippen LogP contribution in [0.5, 0.6) is 0 Å². The smallest absolute Gasteiger partial charge is 0.328 e. The molecule has 132 valence electrons. The second-order valence-corrected chi connectivity index (χ2v) is 7.12. The number of ether oxygens (including phenoxy) is 2. The Kier molecular flexibility index (Phi) is 7.52. The van der Waals surface area contributed by atoms with Gasteiger partial charge in [-0.15, -0.1) is 0 Å². The maximum Gasteiger partial charge on any atom is 0.328 e. The molecule has 6 heteroatoms. The van der Waals surface area contributed by atoms with Crippen molar-refractivity contribution in [1.29, 1.82) is 0 Å². The van der Waals surface area contributed by atoms with E-state index in [1.54, 1.807) is 20.8 Å². The van der Waals surface area contributed by atoms with Crippen molar-refractivity contribution in [3.05, 3.63) is 0 Å². The predicted molar refractivity (Wildman–Crippen MR) is 85.6 cm³/mol. The second-order valence-electron chi connectivity index (χ2n) is 7.12. The molecular weight excluding hydrogens is 298 g/mol. The van der Waals surface area contributed by atoms with E-state index in [4.69, 9.17) is 9.47 Å². The maximum atomic E-state index is 12.1. The van der Waals surface area contributed by atoms with E-state index in [-0.39, 0.29) is 18.7 Å². The molecule has 0 bridgehead atoms. The van der Waals surface area contributed by atoms with Gasteiger partial charge < -0.3 is 14.8 Å². The highest BCUT2D eigenvalue weighted by Gasteiger charge is 2.26. The fraction of sp³-hybridized carbons (Fsp3) is 0.824.